The first kappa shape index (κ1) is 28.6. The van der Waals surface area contributed by atoms with E-state index in [0.717, 1.165) is 18.9 Å². The molecular formula is C26H48N2O4. The molecule has 2 aliphatic carbocycles. The second-order valence-corrected chi connectivity index (χ2v) is 10.8. The Hall–Kier alpha value is -1.40. The van der Waals surface area contributed by atoms with Crippen LogP contribution in [0.15, 0.2) is 10.6 Å². The van der Waals surface area contributed by atoms with Gasteiger partial charge in [0.1, 0.15) is 5.76 Å². The number of aromatic nitrogens is 1. The first-order chi connectivity index (χ1) is 15.0. The molecule has 3 rings (SSSR count). The summed E-state index contributed by atoms with van der Waals surface area (Å²) in [6.07, 6.45) is 11.5. The predicted octanol–water partition coefficient (Wildman–Crippen LogP) is 6.75. The van der Waals surface area contributed by atoms with Gasteiger partial charge in [-0.05, 0) is 37.0 Å². The number of amides is 1. The lowest BCUT2D eigenvalue weighted by Gasteiger charge is -2.51. The summed E-state index contributed by atoms with van der Waals surface area (Å²) < 4.78 is 16.1. The van der Waals surface area contributed by atoms with E-state index < -0.39 is 0 Å². The van der Waals surface area contributed by atoms with Crippen molar-refractivity contribution in [1.82, 2.24) is 5.16 Å². The molecule has 0 spiro atoms. The molecule has 0 atom stereocenters. The normalized spacial score (nSPS) is 17.6. The van der Waals surface area contributed by atoms with Gasteiger partial charge in [0.25, 0.3) is 0 Å². The van der Waals surface area contributed by atoms with E-state index in [1.807, 2.05) is 13.8 Å². The van der Waals surface area contributed by atoms with Gasteiger partial charge in [-0.2, -0.15) is 0 Å². The molecule has 186 valence electrons. The smallest absolute Gasteiger partial charge is 0.212 e. The second-order valence-electron chi connectivity index (χ2n) is 10.8. The monoisotopic (exact) mass is 452 g/mol. The minimum absolute atomic E-state index is 0.211. The zero-order valence-corrected chi connectivity index (χ0v) is 21.9. The summed E-state index contributed by atoms with van der Waals surface area (Å²) in [6, 6.07) is 1.69. The van der Waals surface area contributed by atoms with Crippen LogP contribution in [0.5, 0.6) is 0 Å². The fourth-order valence-electron chi connectivity index (χ4n) is 3.96. The van der Waals surface area contributed by atoms with Gasteiger partial charge in [-0.25, -0.2) is 0 Å². The number of nitrogens with zero attached hydrogens (tertiary/aromatic N) is 1. The topological polar surface area (TPSA) is 73.6 Å². The van der Waals surface area contributed by atoms with Crippen molar-refractivity contribution in [2.45, 2.75) is 111 Å². The van der Waals surface area contributed by atoms with E-state index >= 15 is 0 Å². The van der Waals surface area contributed by atoms with E-state index in [9.17, 15) is 4.79 Å². The third-order valence-electron chi connectivity index (χ3n) is 6.80. The van der Waals surface area contributed by atoms with Gasteiger partial charge in [-0.1, -0.05) is 79.3 Å². The van der Waals surface area contributed by atoms with Crippen molar-refractivity contribution in [2.75, 3.05) is 25.6 Å². The minimum atomic E-state index is -0.245. The van der Waals surface area contributed by atoms with Gasteiger partial charge in [-0.15, -0.1) is 0 Å². The molecule has 1 amide bonds. The standard InChI is InChI=1S/C11H22O.C9H14N2O3.C6H12/c1-5-9-12-11(7-6-8-11)10(2,3)4;1-9(2,5-13-3)7-4-8(10-6-12)11-14-7;1-2-6-4-3-5-6/h5-9H2,1-4H3;4,6H,5H2,1-3H3,(H,10,11,12);6H,2-5H2,1H3. The molecule has 0 unspecified atom stereocenters. The van der Waals surface area contributed by atoms with E-state index in [4.69, 9.17) is 14.0 Å². The molecule has 6 heteroatoms. The van der Waals surface area contributed by atoms with Crippen molar-refractivity contribution in [3.63, 3.8) is 0 Å². The number of hydrogen-bond donors (Lipinski definition) is 1. The molecule has 32 heavy (non-hydrogen) atoms. The van der Waals surface area contributed by atoms with Gasteiger partial charge in [-0.3, -0.25) is 4.79 Å². The molecule has 0 aliphatic heterocycles. The maximum Gasteiger partial charge on any atom is 0.212 e. The molecule has 1 heterocycles. The van der Waals surface area contributed by atoms with Gasteiger partial charge in [0, 0.05) is 25.2 Å². The van der Waals surface area contributed by atoms with E-state index in [-0.39, 0.29) is 11.0 Å². The van der Waals surface area contributed by atoms with Gasteiger partial charge >= 0.3 is 0 Å². The summed E-state index contributed by atoms with van der Waals surface area (Å²) in [5.41, 5.74) is 0.286. The third-order valence-corrected chi connectivity index (χ3v) is 6.80. The number of anilines is 1. The summed E-state index contributed by atoms with van der Waals surface area (Å²) in [6.45, 7) is 16.7. The maximum atomic E-state index is 10.1. The first-order valence-corrected chi connectivity index (χ1v) is 12.4. The summed E-state index contributed by atoms with van der Waals surface area (Å²) >= 11 is 0. The van der Waals surface area contributed by atoms with Gasteiger partial charge in [0.15, 0.2) is 5.82 Å². The van der Waals surface area contributed by atoms with Gasteiger partial charge in [0.2, 0.25) is 6.41 Å². The molecule has 0 bridgehead atoms. The Morgan fingerprint density at radius 3 is 2.19 bits per heavy atom. The van der Waals surface area contributed by atoms with Crippen molar-refractivity contribution in [1.29, 1.82) is 0 Å². The Labute approximate surface area is 196 Å². The van der Waals surface area contributed by atoms with Crippen molar-refractivity contribution < 1.29 is 18.8 Å². The molecule has 2 saturated carbocycles. The molecule has 2 aliphatic rings. The van der Waals surface area contributed by atoms with Crippen LogP contribution in [0.25, 0.3) is 0 Å². The Morgan fingerprint density at radius 2 is 1.84 bits per heavy atom. The van der Waals surface area contributed by atoms with Crippen LogP contribution in [0.2, 0.25) is 0 Å². The van der Waals surface area contributed by atoms with Crippen LogP contribution in [-0.4, -0.2) is 37.5 Å². The van der Waals surface area contributed by atoms with Crippen LogP contribution in [0.4, 0.5) is 5.82 Å². The summed E-state index contributed by atoms with van der Waals surface area (Å²) in [7, 11) is 1.63. The predicted molar refractivity (Wildman–Crippen MR) is 131 cm³/mol. The Bertz CT molecular complexity index is 638. The fourth-order valence-corrected chi connectivity index (χ4v) is 3.96. The van der Waals surface area contributed by atoms with E-state index in [1.54, 1.807) is 13.2 Å². The van der Waals surface area contributed by atoms with Gasteiger partial charge in [0.05, 0.1) is 12.2 Å². The zero-order valence-electron chi connectivity index (χ0n) is 21.9. The average molecular weight is 453 g/mol. The van der Waals surface area contributed by atoms with Crippen molar-refractivity contribution >= 4 is 12.2 Å². The quantitative estimate of drug-likeness (QED) is 0.420. The number of methoxy groups -OCH3 is 1. The van der Waals surface area contributed by atoms with Crippen LogP contribution in [0.1, 0.15) is 106 Å². The molecule has 0 saturated heterocycles. The van der Waals surface area contributed by atoms with Crippen molar-refractivity contribution in [2.24, 2.45) is 11.3 Å². The lowest BCUT2D eigenvalue weighted by molar-refractivity contribution is -0.165. The average Bonchev–Trinajstić information content (AvgIpc) is 3.10. The molecule has 1 aromatic heterocycles. The number of ether oxygens (including phenoxy) is 2. The molecular weight excluding hydrogens is 404 g/mol. The number of carbonyl (C=O) groups excluding carboxylic acids is 1. The Balaban J connectivity index is 0.000000257. The molecule has 1 N–H and O–H groups in total. The second kappa shape index (κ2) is 13.3. The lowest BCUT2D eigenvalue weighted by atomic mass is 9.64. The molecule has 0 radical (unpaired) electrons. The van der Waals surface area contributed by atoms with Crippen LogP contribution < -0.4 is 5.32 Å². The Kier molecular flexibility index (Phi) is 11.9. The van der Waals surface area contributed by atoms with Gasteiger partial charge < -0.3 is 19.3 Å². The molecule has 2 fully saturated rings. The van der Waals surface area contributed by atoms with Crippen LogP contribution >= 0.6 is 0 Å². The lowest BCUT2D eigenvalue weighted by Crippen LogP contribution is -2.51. The number of hydrogen-bond acceptors (Lipinski definition) is 5. The van der Waals surface area contributed by atoms with Crippen molar-refractivity contribution in [3.8, 4) is 0 Å². The highest BCUT2D eigenvalue weighted by atomic mass is 16.5. The first-order valence-electron chi connectivity index (χ1n) is 12.4. The highest BCUT2D eigenvalue weighted by Crippen LogP contribution is 2.48. The summed E-state index contributed by atoms with van der Waals surface area (Å²) in [4.78, 5) is 10.1. The number of carbonyl (C=O) groups is 1. The third kappa shape index (κ3) is 8.51. The SMILES string of the molecule is CCC1CCC1.CCCOC1(C(C)(C)C)CCC1.COCC(C)(C)c1cc(NC=O)no1. The fraction of sp³-hybridized carbons (Fsp3) is 0.846. The van der Waals surface area contributed by atoms with E-state index in [2.05, 4.69) is 45.1 Å². The number of rotatable bonds is 9. The van der Waals surface area contributed by atoms with Crippen LogP contribution in [-0.2, 0) is 19.7 Å². The van der Waals surface area contributed by atoms with Crippen LogP contribution in [0, 0.1) is 11.3 Å². The maximum absolute atomic E-state index is 10.1. The van der Waals surface area contributed by atoms with Crippen LogP contribution in [0.3, 0.4) is 0 Å². The van der Waals surface area contributed by atoms with Crippen molar-refractivity contribution in [3.05, 3.63) is 11.8 Å². The Morgan fingerprint density at radius 1 is 1.19 bits per heavy atom. The largest absolute Gasteiger partial charge is 0.384 e. The molecule has 6 nitrogen and oxygen atoms in total. The summed E-state index contributed by atoms with van der Waals surface area (Å²) in [5, 5.41) is 6.10. The summed E-state index contributed by atoms with van der Waals surface area (Å²) in [5.74, 6) is 2.22. The minimum Gasteiger partial charge on any atom is -0.384 e. The highest BCUT2D eigenvalue weighted by Gasteiger charge is 2.47. The highest BCUT2D eigenvalue weighted by molar-refractivity contribution is 5.68. The zero-order chi connectivity index (χ0) is 24.3. The molecule has 0 aromatic carbocycles. The number of nitrogens with one attached hydrogen (secondary N) is 1. The molecule has 1 aromatic rings. The van der Waals surface area contributed by atoms with E-state index in [1.165, 1.54) is 44.9 Å². The van der Waals surface area contributed by atoms with E-state index in [0.29, 0.717) is 30.0 Å².